The van der Waals surface area contributed by atoms with Crippen LogP contribution in [0.1, 0.15) is 24.6 Å². The fraction of sp³-hybridized carbons (Fsp3) is 0.467. The van der Waals surface area contributed by atoms with Crippen molar-refractivity contribution in [2.45, 2.75) is 25.8 Å². The summed E-state index contributed by atoms with van der Waals surface area (Å²) in [7, 11) is 0. The smallest absolute Gasteiger partial charge is 0.407 e. The highest BCUT2D eigenvalue weighted by atomic mass is 16.6. The summed E-state index contributed by atoms with van der Waals surface area (Å²) in [6.45, 7) is 3.05. The summed E-state index contributed by atoms with van der Waals surface area (Å²) in [4.78, 5) is 22.8. The Labute approximate surface area is 131 Å². The molecule has 23 heavy (non-hydrogen) atoms. The molecule has 8 heteroatoms. The number of aryl methyl sites for hydroxylation is 1. The second-order valence-corrected chi connectivity index (χ2v) is 6.69. The Morgan fingerprint density at radius 3 is 2.74 bits per heavy atom. The van der Waals surface area contributed by atoms with Gasteiger partial charge >= 0.3 is 6.09 Å². The minimum absolute atomic E-state index is 0.0707. The maximum Gasteiger partial charge on any atom is 0.407 e. The molecule has 8 nitrogen and oxygen atoms in total. The third-order valence-electron chi connectivity index (χ3n) is 5.09. The van der Waals surface area contributed by atoms with Crippen LogP contribution in [0.3, 0.4) is 0 Å². The first kappa shape index (κ1) is 14.0. The molecule has 1 aliphatic carbocycles. The number of amides is 1. The summed E-state index contributed by atoms with van der Waals surface area (Å²) in [5.74, 6) is 0. The molecule has 1 saturated carbocycles. The van der Waals surface area contributed by atoms with E-state index in [1.54, 1.807) is 12.1 Å². The van der Waals surface area contributed by atoms with E-state index in [4.69, 9.17) is 5.11 Å². The third-order valence-corrected chi connectivity index (χ3v) is 5.09. The molecule has 2 heterocycles. The maximum atomic E-state index is 10.9. The molecular weight excluding hydrogens is 300 g/mol. The van der Waals surface area contributed by atoms with Crippen LogP contribution in [-0.2, 0) is 0 Å². The summed E-state index contributed by atoms with van der Waals surface area (Å²) >= 11 is 0. The van der Waals surface area contributed by atoms with Crippen molar-refractivity contribution in [3.05, 3.63) is 34.0 Å². The van der Waals surface area contributed by atoms with Crippen LogP contribution in [0.15, 0.2) is 18.2 Å². The van der Waals surface area contributed by atoms with Crippen molar-refractivity contribution in [3.63, 3.8) is 0 Å². The standard InChI is InChI=1S/C15H16N4O4/c1-9-12-4-10(19(22)23)2-3-13(12)18(16-9)11-5-15(6-11)7-17(8-15)14(20)21/h2-4,11H,5-8H2,1H3,(H,20,21). The van der Waals surface area contributed by atoms with Gasteiger partial charge in [0.25, 0.3) is 5.69 Å². The van der Waals surface area contributed by atoms with Gasteiger partial charge in [-0.15, -0.1) is 0 Å². The molecular formula is C15H16N4O4. The van der Waals surface area contributed by atoms with E-state index in [-0.39, 0.29) is 17.1 Å². The highest BCUT2D eigenvalue weighted by Crippen LogP contribution is 2.54. The van der Waals surface area contributed by atoms with E-state index in [0.717, 1.165) is 29.4 Å². The molecule has 1 amide bonds. The van der Waals surface area contributed by atoms with Crippen molar-refractivity contribution in [3.8, 4) is 0 Å². The molecule has 2 aromatic rings. The Morgan fingerprint density at radius 1 is 1.43 bits per heavy atom. The predicted molar refractivity (Wildman–Crippen MR) is 81.4 cm³/mol. The average molecular weight is 316 g/mol. The summed E-state index contributed by atoms with van der Waals surface area (Å²) in [6.07, 6.45) is 0.959. The molecule has 1 saturated heterocycles. The summed E-state index contributed by atoms with van der Waals surface area (Å²) < 4.78 is 1.95. The highest BCUT2D eigenvalue weighted by Gasteiger charge is 2.54. The van der Waals surface area contributed by atoms with Crippen LogP contribution in [-0.4, -0.2) is 43.9 Å². The number of nitro groups is 1. The third kappa shape index (κ3) is 1.97. The topological polar surface area (TPSA) is 102 Å². The van der Waals surface area contributed by atoms with Gasteiger partial charge in [-0.2, -0.15) is 5.10 Å². The zero-order valence-corrected chi connectivity index (χ0v) is 12.6. The van der Waals surface area contributed by atoms with Gasteiger partial charge in [0, 0.05) is 36.0 Å². The number of likely N-dealkylation sites (tertiary alicyclic amines) is 1. The SMILES string of the molecule is Cc1nn(C2CC3(C2)CN(C(=O)O)C3)c2ccc([N+](=O)[O-])cc12. The number of rotatable bonds is 2. The van der Waals surface area contributed by atoms with Crippen LogP contribution in [0.4, 0.5) is 10.5 Å². The average Bonchev–Trinajstić information content (AvgIpc) is 2.72. The number of carbonyl (C=O) groups is 1. The lowest BCUT2D eigenvalue weighted by atomic mass is 9.61. The first-order valence-electron chi connectivity index (χ1n) is 7.50. The monoisotopic (exact) mass is 316 g/mol. The van der Waals surface area contributed by atoms with Crippen LogP contribution in [0, 0.1) is 22.5 Å². The Kier molecular flexibility index (Phi) is 2.70. The molecule has 1 aliphatic heterocycles. The fourth-order valence-corrected chi connectivity index (χ4v) is 3.94. The number of benzene rings is 1. The number of fused-ring (bicyclic) bond motifs is 1. The Morgan fingerprint density at radius 2 is 2.13 bits per heavy atom. The molecule has 0 radical (unpaired) electrons. The Hall–Kier alpha value is -2.64. The van der Waals surface area contributed by atoms with Gasteiger partial charge in [0.1, 0.15) is 0 Å². The molecule has 120 valence electrons. The largest absolute Gasteiger partial charge is 0.465 e. The van der Waals surface area contributed by atoms with Crippen molar-refractivity contribution >= 4 is 22.7 Å². The van der Waals surface area contributed by atoms with Gasteiger partial charge in [0.2, 0.25) is 0 Å². The Bertz CT molecular complexity index is 829. The lowest BCUT2D eigenvalue weighted by molar-refractivity contribution is -0.384. The van der Waals surface area contributed by atoms with E-state index in [1.165, 1.54) is 11.0 Å². The van der Waals surface area contributed by atoms with E-state index >= 15 is 0 Å². The van der Waals surface area contributed by atoms with Crippen LogP contribution < -0.4 is 0 Å². The molecule has 0 atom stereocenters. The van der Waals surface area contributed by atoms with Gasteiger partial charge in [-0.3, -0.25) is 14.8 Å². The molecule has 4 rings (SSSR count). The van der Waals surface area contributed by atoms with Gasteiger partial charge < -0.3 is 10.0 Å². The number of nitro benzene ring substituents is 1. The van der Waals surface area contributed by atoms with E-state index < -0.39 is 11.0 Å². The van der Waals surface area contributed by atoms with E-state index in [0.29, 0.717) is 13.1 Å². The lowest BCUT2D eigenvalue weighted by Gasteiger charge is -2.58. The van der Waals surface area contributed by atoms with Crippen molar-refractivity contribution in [1.29, 1.82) is 0 Å². The minimum Gasteiger partial charge on any atom is -0.465 e. The fourth-order valence-electron chi connectivity index (χ4n) is 3.94. The number of carboxylic acid groups (broad SMARTS) is 1. The number of nitrogens with zero attached hydrogens (tertiary/aromatic N) is 4. The molecule has 0 unspecified atom stereocenters. The predicted octanol–water partition coefficient (Wildman–Crippen LogP) is 2.57. The number of aromatic nitrogens is 2. The molecule has 2 aliphatic rings. The summed E-state index contributed by atoms with van der Waals surface area (Å²) in [6, 6.07) is 5.06. The van der Waals surface area contributed by atoms with Gasteiger partial charge in [-0.1, -0.05) is 0 Å². The summed E-state index contributed by atoms with van der Waals surface area (Å²) in [5, 5.41) is 25.2. The van der Waals surface area contributed by atoms with Crippen LogP contribution in [0.25, 0.3) is 10.9 Å². The van der Waals surface area contributed by atoms with Crippen molar-refractivity contribution < 1.29 is 14.8 Å². The molecule has 1 N–H and O–H groups in total. The van der Waals surface area contributed by atoms with Crippen molar-refractivity contribution in [2.24, 2.45) is 5.41 Å². The number of hydrogen-bond donors (Lipinski definition) is 1. The van der Waals surface area contributed by atoms with Crippen LogP contribution >= 0.6 is 0 Å². The molecule has 2 fully saturated rings. The van der Waals surface area contributed by atoms with E-state index in [2.05, 4.69) is 5.10 Å². The second-order valence-electron chi connectivity index (χ2n) is 6.69. The highest BCUT2D eigenvalue weighted by molar-refractivity contribution is 5.84. The zero-order valence-electron chi connectivity index (χ0n) is 12.6. The van der Waals surface area contributed by atoms with Crippen LogP contribution in [0.5, 0.6) is 0 Å². The normalized spacial score (nSPS) is 19.6. The van der Waals surface area contributed by atoms with E-state index in [1.807, 2.05) is 11.6 Å². The maximum absolute atomic E-state index is 10.9. The number of hydrogen-bond acceptors (Lipinski definition) is 4. The first-order chi connectivity index (χ1) is 10.9. The molecule has 1 aromatic carbocycles. The van der Waals surface area contributed by atoms with Gasteiger partial charge in [-0.25, -0.2) is 4.79 Å². The quantitative estimate of drug-likeness (QED) is 0.677. The lowest BCUT2D eigenvalue weighted by Crippen LogP contribution is -2.63. The van der Waals surface area contributed by atoms with Gasteiger partial charge in [-0.05, 0) is 25.8 Å². The molecule has 0 bridgehead atoms. The minimum atomic E-state index is -0.855. The summed E-state index contributed by atoms with van der Waals surface area (Å²) in [5.41, 5.74) is 1.87. The molecule has 1 spiro atoms. The number of non-ortho nitro benzene ring substituents is 1. The van der Waals surface area contributed by atoms with Crippen LogP contribution in [0.2, 0.25) is 0 Å². The Balaban J connectivity index is 1.57. The van der Waals surface area contributed by atoms with E-state index in [9.17, 15) is 14.9 Å². The first-order valence-corrected chi connectivity index (χ1v) is 7.50. The van der Waals surface area contributed by atoms with Crippen molar-refractivity contribution in [2.75, 3.05) is 13.1 Å². The second kappa shape index (κ2) is 4.43. The van der Waals surface area contributed by atoms with Gasteiger partial charge in [0.05, 0.1) is 22.2 Å². The van der Waals surface area contributed by atoms with Gasteiger partial charge in [0.15, 0.2) is 0 Å². The van der Waals surface area contributed by atoms with Crippen molar-refractivity contribution in [1.82, 2.24) is 14.7 Å². The molecule has 1 aromatic heterocycles. The zero-order chi connectivity index (χ0) is 16.4.